The number of hydrogen-bond donors (Lipinski definition) is 2. The van der Waals surface area contributed by atoms with Crippen molar-refractivity contribution in [3.05, 3.63) is 36.0 Å². The Morgan fingerprint density at radius 2 is 2.12 bits per heavy atom. The molecule has 0 bridgehead atoms. The number of aryl methyl sites for hydroxylation is 2. The van der Waals surface area contributed by atoms with Gasteiger partial charge in [-0.2, -0.15) is 10.1 Å². The first-order valence-electron chi connectivity index (χ1n) is 10.8. The summed E-state index contributed by atoms with van der Waals surface area (Å²) in [6, 6.07) is 1.68. The Morgan fingerprint density at radius 1 is 1.27 bits per heavy atom. The molecule has 1 aliphatic rings. The number of carboxylic acid groups (broad SMARTS) is 1. The third-order valence-corrected chi connectivity index (χ3v) is 5.76. The van der Waals surface area contributed by atoms with Gasteiger partial charge in [0.15, 0.2) is 11.6 Å². The second-order valence-electron chi connectivity index (χ2n) is 7.99. The maximum absolute atomic E-state index is 11.3. The second-order valence-corrected chi connectivity index (χ2v) is 7.99. The van der Waals surface area contributed by atoms with Crippen molar-refractivity contribution in [3.63, 3.8) is 0 Å². The van der Waals surface area contributed by atoms with Crippen LogP contribution in [0.5, 0.6) is 11.6 Å². The molecule has 0 amide bonds. The minimum atomic E-state index is -0.760. The van der Waals surface area contributed by atoms with Crippen molar-refractivity contribution in [2.45, 2.75) is 45.3 Å². The second kappa shape index (κ2) is 9.80. The van der Waals surface area contributed by atoms with Gasteiger partial charge in [0.1, 0.15) is 0 Å². The number of rotatable bonds is 8. The summed E-state index contributed by atoms with van der Waals surface area (Å²) in [5.41, 5.74) is 2.34. The first-order chi connectivity index (χ1) is 15.9. The molecule has 11 nitrogen and oxygen atoms in total. The number of aromatic nitrogens is 6. The number of nitrogens with one attached hydrogen (secondary N) is 1. The van der Waals surface area contributed by atoms with Crippen LogP contribution in [0.2, 0.25) is 0 Å². The van der Waals surface area contributed by atoms with E-state index >= 15 is 0 Å². The molecule has 1 fully saturated rings. The van der Waals surface area contributed by atoms with Gasteiger partial charge in [-0.15, -0.1) is 0 Å². The number of methoxy groups -OCH3 is 1. The first-order valence-corrected chi connectivity index (χ1v) is 10.8. The Hall–Kier alpha value is -3.76. The van der Waals surface area contributed by atoms with E-state index in [0.29, 0.717) is 48.5 Å². The molecule has 1 aliphatic carbocycles. The van der Waals surface area contributed by atoms with E-state index in [4.69, 9.17) is 9.47 Å². The Labute approximate surface area is 191 Å². The topological polar surface area (TPSA) is 137 Å². The Morgan fingerprint density at radius 3 is 2.88 bits per heavy atom. The summed E-state index contributed by atoms with van der Waals surface area (Å²) in [7, 11) is 3.40. The lowest BCUT2D eigenvalue weighted by Crippen LogP contribution is -2.29. The van der Waals surface area contributed by atoms with E-state index in [9.17, 15) is 9.90 Å². The van der Waals surface area contributed by atoms with Gasteiger partial charge < -0.3 is 19.9 Å². The molecule has 1 saturated carbocycles. The van der Waals surface area contributed by atoms with Crippen LogP contribution < -0.4 is 14.8 Å². The minimum Gasteiger partial charge on any atom is -0.487 e. The summed E-state index contributed by atoms with van der Waals surface area (Å²) < 4.78 is 13.0. The highest BCUT2D eigenvalue weighted by atomic mass is 16.5. The van der Waals surface area contributed by atoms with Crippen molar-refractivity contribution >= 4 is 11.9 Å². The Balaban J connectivity index is 1.48. The largest absolute Gasteiger partial charge is 0.487 e. The minimum absolute atomic E-state index is 0.144. The van der Waals surface area contributed by atoms with E-state index in [0.717, 1.165) is 24.1 Å². The van der Waals surface area contributed by atoms with Crippen molar-refractivity contribution in [2.75, 3.05) is 12.4 Å². The van der Waals surface area contributed by atoms with E-state index in [1.54, 1.807) is 36.4 Å². The molecule has 3 aromatic rings. The van der Waals surface area contributed by atoms with Gasteiger partial charge in [0.05, 0.1) is 55.0 Å². The standard InChI is InChI=1S/C22H27N7O4/c1-13-18(33-15-6-4-5-14(9-15)21(30)31)12-24-20(27-13)16-10-26-29(2)17(16)11-25-22-23-8-7-19(28-22)32-3/h7-8,10,12,14-15H,4-6,9,11H2,1-3H3,(H,30,31)(H,23,25,28)/t14-,15-/m0/s1. The van der Waals surface area contributed by atoms with Gasteiger partial charge in [0.25, 0.3) is 0 Å². The van der Waals surface area contributed by atoms with Crippen LogP contribution in [0.15, 0.2) is 24.7 Å². The summed E-state index contributed by atoms with van der Waals surface area (Å²) in [5.74, 6) is 0.896. The van der Waals surface area contributed by atoms with E-state index in [1.165, 1.54) is 0 Å². The molecule has 3 heterocycles. The molecule has 0 aromatic carbocycles. The van der Waals surface area contributed by atoms with Crippen LogP contribution in [0.25, 0.3) is 11.4 Å². The van der Waals surface area contributed by atoms with Crippen LogP contribution in [-0.4, -0.2) is 54.0 Å². The monoisotopic (exact) mass is 453 g/mol. The van der Waals surface area contributed by atoms with Crippen LogP contribution >= 0.6 is 0 Å². The fraction of sp³-hybridized carbons (Fsp3) is 0.455. The number of anilines is 1. The van der Waals surface area contributed by atoms with E-state index in [1.807, 2.05) is 14.0 Å². The molecule has 174 valence electrons. The van der Waals surface area contributed by atoms with Crippen LogP contribution in [0.3, 0.4) is 0 Å². The van der Waals surface area contributed by atoms with Gasteiger partial charge in [0.2, 0.25) is 11.8 Å². The summed E-state index contributed by atoms with van der Waals surface area (Å²) in [6.07, 6.45) is 7.71. The highest BCUT2D eigenvalue weighted by Crippen LogP contribution is 2.30. The zero-order valence-electron chi connectivity index (χ0n) is 18.9. The van der Waals surface area contributed by atoms with Gasteiger partial charge in [-0.1, -0.05) is 0 Å². The quantitative estimate of drug-likeness (QED) is 0.523. The summed E-state index contributed by atoms with van der Waals surface area (Å²) in [6.45, 7) is 2.27. The van der Waals surface area contributed by atoms with E-state index in [-0.39, 0.29) is 12.0 Å². The molecule has 0 unspecified atom stereocenters. The molecule has 33 heavy (non-hydrogen) atoms. The van der Waals surface area contributed by atoms with Crippen LogP contribution in [-0.2, 0) is 18.4 Å². The maximum atomic E-state index is 11.3. The predicted octanol–water partition coefficient (Wildman–Crippen LogP) is 2.62. The average Bonchev–Trinajstić information content (AvgIpc) is 3.19. The molecule has 0 saturated heterocycles. The van der Waals surface area contributed by atoms with Gasteiger partial charge in [0, 0.05) is 19.3 Å². The highest BCUT2D eigenvalue weighted by Gasteiger charge is 2.28. The first kappa shape index (κ1) is 22.4. The molecule has 4 rings (SSSR count). The summed E-state index contributed by atoms with van der Waals surface area (Å²) >= 11 is 0. The number of hydrogen-bond acceptors (Lipinski definition) is 9. The van der Waals surface area contributed by atoms with Gasteiger partial charge >= 0.3 is 5.97 Å². The third kappa shape index (κ3) is 5.18. The van der Waals surface area contributed by atoms with Crippen LogP contribution in [0.1, 0.15) is 37.1 Å². The Bertz CT molecular complexity index is 1130. The average molecular weight is 454 g/mol. The molecule has 3 aromatic heterocycles. The number of nitrogens with zero attached hydrogens (tertiary/aromatic N) is 6. The predicted molar refractivity (Wildman–Crippen MR) is 119 cm³/mol. The van der Waals surface area contributed by atoms with Gasteiger partial charge in [-0.3, -0.25) is 9.48 Å². The fourth-order valence-electron chi connectivity index (χ4n) is 3.92. The fourth-order valence-corrected chi connectivity index (χ4v) is 3.92. The lowest BCUT2D eigenvalue weighted by atomic mass is 9.87. The van der Waals surface area contributed by atoms with E-state index in [2.05, 4.69) is 30.4 Å². The van der Waals surface area contributed by atoms with Crippen molar-refractivity contribution in [2.24, 2.45) is 13.0 Å². The number of ether oxygens (including phenoxy) is 2. The molecular formula is C22H27N7O4. The number of carboxylic acids is 1. The highest BCUT2D eigenvalue weighted by molar-refractivity contribution is 5.70. The molecule has 0 spiro atoms. The Kier molecular flexibility index (Phi) is 6.66. The zero-order chi connectivity index (χ0) is 23.4. The van der Waals surface area contributed by atoms with Gasteiger partial charge in [-0.25, -0.2) is 15.0 Å². The molecular weight excluding hydrogens is 426 g/mol. The zero-order valence-corrected chi connectivity index (χ0v) is 18.9. The molecule has 2 atom stereocenters. The summed E-state index contributed by atoms with van der Waals surface area (Å²) in [4.78, 5) is 28.9. The van der Waals surface area contributed by atoms with Crippen LogP contribution in [0.4, 0.5) is 5.95 Å². The van der Waals surface area contributed by atoms with Crippen molar-refractivity contribution in [1.29, 1.82) is 0 Å². The summed E-state index contributed by atoms with van der Waals surface area (Å²) in [5, 5.41) is 16.8. The normalized spacial score (nSPS) is 18.0. The number of carbonyl (C=O) groups is 1. The maximum Gasteiger partial charge on any atom is 0.306 e. The van der Waals surface area contributed by atoms with Gasteiger partial charge in [-0.05, 0) is 32.6 Å². The molecule has 11 heteroatoms. The smallest absolute Gasteiger partial charge is 0.306 e. The molecule has 2 N–H and O–H groups in total. The lowest BCUT2D eigenvalue weighted by Gasteiger charge is -2.27. The molecule has 0 radical (unpaired) electrons. The van der Waals surface area contributed by atoms with Crippen molar-refractivity contribution in [3.8, 4) is 23.0 Å². The SMILES string of the molecule is COc1ccnc(NCc2c(-c3ncc(O[C@H]4CCC[C@H](C(=O)O)C4)c(C)n3)cnn2C)n1. The third-order valence-electron chi connectivity index (χ3n) is 5.76. The van der Waals surface area contributed by atoms with Crippen LogP contribution in [0, 0.1) is 12.8 Å². The van der Waals surface area contributed by atoms with Crippen molar-refractivity contribution < 1.29 is 19.4 Å². The van der Waals surface area contributed by atoms with Crippen molar-refractivity contribution in [1.82, 2.24) is 29.7 Å². The lowest BCUT2D eigenvalue weighted by molar-refractivity contribution is -0.143. The van der Waals surface area contributed by atoms with E-state index < -0.39 is 5.97 Å². The number of aliphatic carboxylic acids is 1. The molecule has 0 aliphatic heterocycles.